The van der Waals surface area contributed by atoms with E-state index in [9.17, 15) is 19.6 Å². The van der Waals surface area contributed by atoms with E-state index in [0.29, 0.717) is 18.7 Å². The number of hydrogen-bond acceptors (Lipinski definition) is 9. The number of ether oxygens (including phenoxy) is 2. The third-order valence-corrected chi connectivity index (χ3v) is 8.94. The summed E-state index contributed by atoms with van der Waals surface area (Å²) in [5.41, 5.74) is -0.270. The molecule has 10 nitrogen and oxygen atoms in total. The second-order valence-electron chi connectivity index (χ2n) is 15.4. The van der Waals surface area contributed by atoms with E-state index < -0.39 is 43.4 Å². The molecule has 11 heteroatoms. The molecule has 2 rings (SSSR count). The summed E-state index contributed by atoms with van der Waals surface area (Å²) in [6.45, 7) is 17.3. The fourth-order valence-corrected chi connectivity index (χ4v) is 6.78. The van der Waals surface area contributed by atoms with Crippen LogP contribution in [0.15, 0.2) is 48.5 Å². The number of aliphatic hydroxyl groups excluding tert-OH is 2. The van der Waals surface area contributed by atoms with Gasteiger partial charge in [0.2, 0.25) is 0 Å². The van der Waals surface area contributed by atoms with Gasteiger partial charge in [0.05, 0.1) is 30.5 Å². The largest absolute Gasteiger partial charge is 0.531 e. The average molecular weight is 708 g/mol. The van der Waals surface area contributed by atoms with Gasteiger partial charge in [-0.1, -0.05) is 49.2 Å². The molecule has 278 valence electrons. The SMILES string of the molecule is CC(C)(C)OC(=O)N(CCCCCCOCCCCc1ccccc1)C[C@H](O)c1ccc(OP(=O)(OC(C)(C)C)OC(C)(C)C)c(CO)c1. The van der Waals surface area contributed by atoms with E-state index in [4.69, 9.17) is 23.0 Å². The van der Waals surface area contributed by atoms with Crippen LogP contribution in [0.3, 0.4) is 0 Å². The highest BCUT2D eigenvalue weighted by Gasteiger charge is 2.39. The number of rotatable bonds is 20. The van der Waals surface area contributed by atoms with Crippen molar-refractivity contribution in [3.05, 3.63) is 65.2 Å². The summed E-state index contributed by atoms with van der Waals surface area (Å²) < 4.78 is 42.3. The van der Waals surface area contributed by atoms with E-state index in [1.807, 2.05) is 6.07 Å². The Balaban J connectivity index is 1.95. The summed E-state index contributed by atoms with van der Waals surface area (Å²) in [4.78, 5) is 14.6. The van der Waals surface area contributed by atoms with Gasteiger partial charge in [-0.15, -0.1) is 0 Å². The minimum atomic E-state index is -4.11. The summed E-state index contributed by atoms with van der Waals surface area (Å²) in [6, 6.07) is 15.2. The Morgan fingerprint density at radius 3 is 1.96 bits per heavy atom. The zero-order chi connectivity index (χ0) is 36.7. The van der Waals surface area contributed by atoms with Crippen molar-refractivity contribution >= 4 is 13.9 Å². The van der Waals surface area contributed by atoms with E-state index >= 15 is 0 Å². The van der Waals surface area contributed by atoms with Crippen molar-refractivity contribution in [1.82, 2.24) is 4.90 Å². The standard InChI is InChI=1S/C38H62NO9P/c1-36(2,3)45-35(42)39(24-16-10-11-17-25-44-26-18-15-21-30-19-13-12-14-20-30)28-33(41)31-22-23-34(32(27-31)29-40)46-49(43,47-37(4,5)6)48-38(7,8)9/h12-14,19-20,22-23,27,33,40-41H,10-11,15-18,21,24-26,28-29H2,1-9H3/t33-/m0/s1. The number of unbranched alkanes of at least 4 members (excludes halogenated alkanes) is 4. The first-order valence-electron chi connectivity index (χ1n) is 17.5. The van der Waals surface area contributed by atoms with E-state index in [1.54, 1.807) is 74.4 Å². The van der Waals surface area contributed by atoms with Crippen LogP contribution in [0, 0.1) is 0 Å². The summed E-state index contributed by atoms with van der Waals surface area (Å²) in [7, 11) is -4.11. The summed E-state index contributed by atoms with van der Waals surface area (Å²) in [5.74, 6) is 0.107. The van der Waals surface area contributed by atoms with Crippen LogP contribution in [0.4, 0.5) is 4.79 Å². The van der Waals surface area contributed by atoms with Gasteiger partial charge >= 0.3 is 13.9 Å². The molecule has 0 aliphatic heterocycles. The molecule has 0 aromatic heterocycles. The summed E-state index contributed by atoms with van der Waals surface area (Å²) in [5, 5.41) is 21.4. The Kier molecular flexibility index (Phi) is 17.3. The maximum atomic E-state index is 13.7. The quantitative estimate of drug-likeness (QED) is 0.102. The lowest BCUT2D eigenvalue weighted by Gasteiger charge is -2.31. The number of carbonyl (C=O) groups is 1. The van der Waals surface area contributed by atoms with Crippen molar-refractivity contribution in [2.24, 2.45) is 0 Å². The number of phosphoric acid groups is 1. The molecule has 2 aromatic carbocycles. The Hall–Kier alpha value is -2.46. The van der Waals surface area contributed by atoms with Crippen molar-refractivity contribution in [3.8, 4) is 5.75 Å². The van der Waals surface area contributed by atoms with Crippen LogP contribution in [0.25, 0.3) is 0 Å². The first-order chi connectivity index (χ1) is 22.8. The lowest BCUT2D eigenvalue weighted by atomic mass is 10.0. The van der Waals surface area contributed by atoms with E-state index in [2.05, 4.69) is 24.3 Å². The second-order valence-corrected chi connectivity index (χ2v) is 16.8. The molecular formula is C38H62NO9P. The van der Waals surface area contributed by atoms with Crippen LogP contribution in [-0.2, 0) is 36.1 Å². The lowest BCUT2D eigenvalue weighted by molar-refractivity contribution is 0.0137. The number of amides is 1. The highest BCUT2D eigenvalue weighted by atomic mass is 31.2. The number of aryl methyl sites for hydroxylation is 1. The molecular weight excluding hydrogens is 645 g/mol. The second kappa shape index (κ2) is 19.8. The van der Waals surface area contributed by atoms with Gasteiger partial charge in [0.15, 0.2) is 0 Å². The van der Waals surface area contributed by atoms with Crippen LogP contribution in [0.5, 0.6) is 5.75 Å². The maximum absolute atomic E-state index is 13.7. The molecule has 0 aliphatic carbocycles. The lowest BCUT2D eigenvalue weighted by Crippen LogP contribution is -2.39. The van der Waals surface area contributed by atoms with Gasteiger partial charge in [-0.05, 0) is 118 Å². The maximum Gasteiger partial charge on any atom is 0.531 e. The van der Waals surface area contributed by atoms with E-state index in [0.717, 1.165) is 51.6 Å². The molecule has 0 aliphatic rings. The molecule has 49 heavy (non-hydrogen) atoms. The van der Waals surface area contributed by atoms with Crippen LogP contribution in [-0.4, -0.2) is 64.3 Å². The molecule has 0 heterocycles. The first kappa shape index (κ1) is 42.7. The highest BCUT2D eigenvalue weighted by Crippen LogP contribution is 2.55. The molecule has 1 amide bonds. The van der Waals surface area contributed by atoms with Crippen LogP contribution in [0.2, 0.25) is 0 Å². The average Bonchev–Trinajstić information content (AvgIpc) is 2.96. The smallest absolute Gasteiger partial charge is 0.444 e. The minimum Gasteiger partial charge on any atom is -0.444 e. The molecule has 0 radical (unpaired) electrons. The van der Waals surface area contributed by atoms with Gasteiger partial charge in [-0.3, -0.25) is 9.05 Å². The zero-order valence-corrected chi connectivity index (χ0v) is 32.2. The molecule has 0 saturated heterocycles. The van der Waals surface area contributed by atoms with Crippen LogP contribution >= 0.6 is 7.82 Å². The van der Waals surface area contributed by atoms with Gasteiger partial charge in [0.1, 0.15) is 11.4 Å². The van der Waals surface area contributed by atoms with Crippen molar-refractivity contribution in [1.29, 1.82) is 0 Å². The van der Waals surface area contributed by atoms with Crippen LogP contribution < -0.4 is 4.52 Å². The summed E-state index contributed by atoms with van der Waals surface area (Å²) >= 11 is 0. The Morgan fingerprint density at radius 1 is 0.796 bits per heavy atom. The molecule has 2 aromatic rings. The molecule has 1 atom stereocenters. The molecule has 0 saturated carbocycles. The fourth-order valence-electron chi connectivity index (χ4n) is 4.90. The fraction of sp³-hybridized carbons (Fsp3) is 0.658. The van der Waals surface area contributed by atoms with Crippen molar-refractivity contribution in [2.75, 3.05) is 26.3 Å². The third kappa shape index (κ3) is 18.4. The number of aliphatic hydroxyl groups is 2. The van der Waals surface area contributed by atoms with E-state index in [-0.39, 0.29) is 17.9 Å². The molecule has 0 unspecified atom stereocenters. The molecule has 0 fully saturated rings. The molecule has 0 spiro atoms. The predicted molar refractivity (Wildman–Crippen MR) is 194 cm³/mol. The Bertz CT molecular complexity index is 1280. The van der Waals surface area contributed by atoms with Gasteiger partial charge in [0.25, 0.3) is 0 Å². The van der Waals surface area contributed by atoms with Gasteiger partial charge in [-0.25, -0.2) is 9.36 Å². The van der Waals surface area contributed by atoms with Crippen molar-refractivity contribution < 1.29 is 42.6 Å². The topological polar surface area (TPSA) is 124 Å². The Morgan fingerprint density at radius 2 is 1.39 bits per heavy atom. The monoisotopic (exact) mass is 707 g/mol. The molecule has 0 bridgehead atoms. The number of benzene rings is 2. The third-order valence-electron chi connectivity index (χ3n) is 6.98. The van der Waals surface area contributed by atoms with Crippen LogP contribution in [0.1, 0.15) is 124 Å². The number of nitrogens with zero attached hydrogens (tertiary/aromatic N) is 1. The number of hydrogen-bond donors (Lipinski definition) is 2. The number of phosphoric ester groups is 1. The first-order valence-corrected chi connectivity index (χ1v) is 19.0. The van der Waals surface area contributed by atoms with E-state index in [1.165, 1.54) is 16.5 Å². The Labute approximate surface area is 295 Å². The normalized spacial score (nSPS) is 13.3. The highest BCUT2D eigenvalue weighted by molar-refractivity contribution is 7.49. The van der Waals surface area contributed by atoms with Gasteiger partial charge in [0, 0.05) is 25.3 Å². The minimum absolute atomic E-state index is 0.00909. The van der Waals surface area contributed by atoms with Crippen molar-refractivity contribution in [3.63, 3.8) is 0 Å². The van der Waals surface area contributed by atoms with Crippen molar-refractivity contribution in [2.45, 2.75) is 137 Å². The summed E-state index contributed by atoms with van der Waals surface area (Å²) in [6.07, 6.45) is 5.19. The van der Waals surface area contributed by atoms with Gasteiger partial charge in [-0.2, -0.15) is 0 Å². The zero-order valence-electron chi connectivity index (χ0n) is 31.3. The predicted octanol–water partition coefficient (Wildman–Crippen LogP) is 9.17. The number of carbonyl (C=O) groups excluding carboxylic acids is 1. The molecule has 2 N–H and O–H groups in total. The van der Waals surface area contributed by atoms with Gasteiger partial charge < -0.3 is 29.1 Å².